The number of benzene rings is 1. The van der Waals surface area contributed by atoms with E-state index in [4.69, 9.17) is 34.3 Å². The summed E-state index contributed by atoms with van der Waals surface area (Å²) in [5.74, 6) is 0.950. The van der Waals surface area contributed by atoms with Gasteiger partial charge in [0, 0.05) is 15.8 Å². The number of hydrogen-bond donors (Lipinski definition) is 2. The molecular weight excluding hydrogens is 265 g/mol. The maximum atomic E-state index is 7.51. The van der Waals surface area contributed by atoms with Crippen LogP contribution in [0.1, 0.15) is 12.5 Å². The first-order valence-electron chi connectivity index (χ1n) is 4.45. The van der Waals surface area contributed by atoms with Crippen LogP contribution in [0.4, 0.5) is 0 Å². The van der Waals surface area contributed by atoms with Gasteiger partial charge in [-0.3, -0.25) is 5.41 Å². The van der Waals surface area contributed by atoms with Crippen LogP contribution in [0.3, 0.4) is 0 Å². The van der Waals surface area contributed by atoms with Crippen molar-refractivity contribution in [3.8, 4) is 0 Å². The number of rotatable bonds is 2. The molecule has 0 spiro atoms. The van der Waals surface area contributed by atoms with Gasteiger partial charge < -0.3 is 5.73 Å². The number of aliphatic imine (C=N–C) groups is 1. The molecule has 0 saturated carbocycles. The van der Waals surface area contributed by atoms with Gasteiger partial charge in [0.15, 0.2) is 5.17 Å². The summed E-state index contributed by atoms with van der Waals surface area (Å²) in [6.45, 7) is 1.64. The fourth-order valence-electron chi connectivity index (χ4n) is 0.977. The highest BCUT2D eigenvalue weighted by Crippen LogP contribution is 2.25. The molecule has 0 atom stereocenters. The summed E-state index contributed by atoms with van der Waals surface area (Å²) in [5.41, 5.74) is 6.29. The zero-order chi connectivity index (χ0) is 12.1. The Morgan fingerprint density at radius 3 is 2.75 bits per heavy atom. The lowest BCUT2D eigenvalue weighted by molar-refractivity contribution is 1.41. The summed E-state index contributed by atoms with van der Waals surface area (Å²) in [7, 11) is 0. The van der Waals surface area contributed by atoms with E-state index in [2.05, 4.69) is 4.99 Å². The number of nitrogens with zero attached hydrogens (tertiary/aromatic N) is 1. The predicted octanol–water partition coefficient (Wildman–Crippen LogP) is 3.54. The molecule has 3 N–H and O–H groups in total. The third kappa shape index (κ3) is 4.43. The van der Waals surface area contributed by atoms with Gasteiger partial charge in [-0.25, -0.2) is 4.99 Å². The van der Waals surface area contributed by atoms with Crippen LogP contribution < -0.4 is 5.73 Å². The van der Waals surface area contributed by atoms with E-state index in [0.717, 1.165) is 5.56 Å². The number of amidine groups is 2. The predicted molar refractivity (Wildman–Crippen MR) is 72.8 cm³/mol. The van der Waals surface area contributed by atoms with E-state index in [1.807, 2.05) is 6.07 Å². The van der Waals surface area contributed by atoms with Gasteiger partial charge in [0.1, 0.15) is 0 Å². The van der Waals surface area contributed by atoms with Gasteiger partial charge in [-0.1, -0.05) is 41.0 Å². The highest BCUT2D eigenvalue weighted by molar-refractivity contribution is 8.13. The molecule has 0 radical (unpaired) electrons. The summed E-state index contributed by atoms with van der Waals surface area (Å²) in [4.78, 5) is 3.81. The van der Waals surface area contributed by atoms with Crippen molar-refractivity contribution in [3.63, 3.8) is 0 Å². The van der Waals surface area contributed by atoms with E-state index in [9.17, 15) is 0 Å². The lowest BCUT2D eigenvalue weighted by Gasteiger charge is -2.03. The highest BCUT2D eigenvalue weighted by atomic mass is 35.5. The molecular formula is C10H11Cl2N3S. The summed E-state index contributed by atoms with van der Waals surface area (Å²) in [6, 6.07) is 5.29. The molecule has 6 heteroatoms. The van der Waals surface area contributed by atoms with Gasteiger partial charge in [0.2, 0.25) is 0 Å². The Bertz CT molecular complexity index is 428. The van der Waals surface area contributed by atoms with Crippen molar-refractivity contribution >= 4 is 46.0 Å². The van der Waals surface area contributed by atoms with E-state index < -0.39 is 0 Å². The number of halogens is 2. The largest absolute Gasteiger partial charge is 0.387 e. The average molecular weight is 276 g/mol. The topological polar surface area (TPSA) is 62.2 Å². The lowest BCUT2D eigenvalue weighted by atomic mass is 10.2. The monoisotopic (exact) mass is 275 g/mol. The molecule has 0 heterocycles. The Balaban J connectivity index is 2.62. The first-order valence-corrected chi connectivity index (χ1v) is 6.19. The second kappa shape index (κ2) is 6.13. The van der Waals surface area contributed by atoms with Gasteiger partial charge in [-0.15, -0.1) is 0 Å². The van der Waals surface area contributed by atoms with E-state index in [1.54, 1.807) is 19.1 Å². The van der Waals surface area contributed by atoms with Gasteiger partial charge in [-0.05, 0) is 24.6 Å². The van der Waals surface area contributed by atoms with E-state index in [-0.39, 0.29) is 5.17 Å². The fraction of sp³-hybridized carbons (Fsp3) is 0.200. The standard InChI is InChI=1S/C10H11Cl2N3S/c1-6(13)15-10(14)16-5-7-2-3-8(11)4-9(7)12/h2-4H,5H2,1H3,(H3,13,14,15). The molecule has 0 unspecified atom stereocenters. The summed E-state index contributed by atoms with van der Waals surface area (Å²) < 4.78 is 0. The summed E-state index contributed by atoms with van der Waals surface area (Å²) in [5, 5.41) is 8.88. The van der Waals surface area contributed by atoms with Crippen molar-refractivity contribution in [2.75, 3.05) is 0 Å². The Morgan fingerprint density at radius 2 is 2.19 bits per heavy atom. The molecule has 1 aromatic carbocycles. The minimum atomic E-state index is 0.172. The molecule has 3 nitrogen and oxygen atoms in total. The Kier molecular flexibility index (Phi) is 5.12. The first kappa shape index (κ1) is 13.4. The molecule has 0 aromatic heterocycles. The van der Waals surface area contributed by atoms with Crippen molar-refractivity contribution in [1.82, 2.24) is 0 Å². The molecule has 0 fully saturated rings. The van der Waals surface area contributed by atoms with Crippen molar-refractivity contribution in [3.05, 3.63) is 33.8 Å². The Hall–Kier alpha value is -0.710. The molecule has 0 aliphatic carbocycles. The van der Waals surface area contributed by atoms with Crippen molar-refractivity contribution in [1.29, 1.82) is 5.41 Å². The minimum absolute atomic E-state index is 0.172. The van der Waals surface area contributed by atoms with Crippen molar-refractivity contribution < 1.29 is 0 Å². The third-order valence-corrected chi connectivity index (χ3v) is 3.06. The molecule has 0 bridgehead atoms. The SMILES string of the molecule is CC(N)=NC(=N)SCc1ccc(Cl)cc1Cl. The zero-order valence-electron chi connectivity index (χ0n) is 8.63. The number of nitrogens with two attached hydrogens (primary N) is 1. The lowest BCUT2D eigenvalue weighted by Crippen LogP contribution is -2.07. The summed E-state index contributed by atoms with van der Waals surface area (Å²) in [6.07, 6.45) is 0. The molecule has 0 saturated heterocycles. The Labute approximate surface area is 109 Å². The maximum Gasteiger partial charge on any atom is 0.182 e. The zero-order valence-corrected chi connectivity index (χ0v) is 11.0. The van der Waals surface area contributed by atoms with Crippen LogP contribution in [0.5, 0.6) is 0 Å². The number of hydrogen-bond acceptors (Lipinski definition) is 2. The Morgan fingerprint density at radius 1 is 1.50 bits per heavy atom. The second-order valence-electron chi connectivity index (χ2n) is 3.08. The van der Waals surface area contributed by atoms with Gasteiger partial charge in [0.05, 0.1) is 5.84 Å². The van der Waals surface area contributed by atoms with Crippen molar-refractivity contribution in [2.24, 2.45) is 10.7 Å². The molecule has 16 heavy (non-hydrogen) atoms. The maximum absolute atomic E-state index is 7.51. The minimum Gasteiger partial charge on any atom is -0.387 e. The van der Waals surface area contributed by atoms with Crippen LogP contribution in [0.25, 0.3) is 0 Å². The normalized spacial score (nSPS) is 11.6. The smallest absolute Gasteiger partial charge is 0.182 e. The van der Waals surface area contributed by atoms with Crippen molar-refractivity contribution in [2.45, 2.75) is 12.7 Å². The van der Waals surface area contributed by atoms with Gasteiger partial charge in [0.25, 0.3) is 0 Å². The van der Waals surface area contributed by atoms with Crippen LogP contribution in [-0.2, 0) is 5.75 Å². The molecule has 0 aliphatic rings. The van der Waals surface area contributed by atoms with E-state index in [0.29, 0.717) is 21.6 Å². The van der Waals surface area contributed by atoms with Crippen LogP contribution in [-0.4, -0.2) is 11.0 Å². The quantitative estimate of drug-likeness (QED) is 0.641. The third-order valence-electron chi connectivity index (χ3n) is 1.66. The van der Waals surface area contributed by atoms with Crippen LogP contribution >= 0.6 is 35.0 Å². The molecule has 0 aliphatic heterocycles. The van der Waals surface area contributed by atoms with E-state index >= 15 is 0 Å². The van der Waals surface area contributed by atoms with Crippen LogP contribution in [0.2, 0.25) is 10.0 Å². The molecule has 1 aromatic rings. The number of nitrogens with one attached hydrogen (secondary N) is 1. The summed E-state index contributed by atoms with van der Waals surface area (Å²) >= 11 is 13.0. The molecule has 0 amide bonds. The molecule has 1 rings (SSSR count). The second-order valence-corrected chi connectivity index (χ2v) is 4.89. The molecule has 86 valence electrons. The van der Waals surface area contributed by atoms with Gasteiger partial charge in [-0.2, -0.15) is 0 Å². The fourth-order valence-corrected chi connectivity index (χ4v) is 2.28. The highest BCUT2D eigenvalue weighted by Gasteiger charge is 2.03. The first-order chi connectivity index (χ1) is 7.49. The number of thioether (sulfide) groups is 1. The average Bonchev–Trinajstić information content (AvgIpc) is 2.15. The van der Waals surface area contributed by atoms with Crippen LogP contribution in [0.15, 0.2) is 23.2 Å². The van der Waals surface area contributed by atoms with E-state index in [1.165, 1.54) is 11.8 Å². The van der Waals surface area contributed by atoms with Gasteiger partial charge >= 0.3 is 0 Å². The van der Waals surface area contributed by atoms with Crippen LogP contribution in [0, 0.1) is 5.41 Å².